The lowest BCUT2D eigenvalue weighted by molar-refractivity contribution is 0.0881. The Kier molecular flexibility index (Phi) is 4.09. The first kappa shape index (κ1) is 17.5. The molecule has 1 aliphatic rings. The summed E-state index contributed by atoms with van der Waals surface area (Å²) in [4.78, 5) is 12.5. The molecule has 0 saturated carbocycles. The smallest absolute Gasteiger partial charge is 0.290 e. The zero-order valence-corrected chi connectivity index (χ0v) is 15.5. The second-order valence-electron chi connectivity index (χ2n) is 7.84. The Hall–Kier alpha value is -2.96. The number of amides is 1. The Morgan fingerprint density at radius 3 is 2.74 bits per heavy atom. The van der Waals surface area contributed by atoms with Crippen molar-refractivity contribution in [3.8, 4) is 5.69 Å². The van der Waals surface area contributed by atoms with Gasteiger partial charge >= 0.3 is 0 Å². The third kappa shape index (κ3) is 3.37. The minimum atomic E-state index is -0.293. The second kappa shape index (κ2) is 6.33. The maximum Gasteiger partial charge on any atom is 0.290 e. The van der Waals surface area contributed by atoms with Crippen LogP contribution in [0.25, 0.3) is 5.69 Å². The van der Waals surface area contributed by atoms with Crippen molar-refractivity contribution in [1.82, 2.24) is 20.3 Å². The van der Waals surface area contributed by atoms with E-state index >= 15 is 0 Å². The van der Waals surface area contributed by atoms with E-state index in [1.54, 1.807) is 31.3 Å². The topological polar surface area (TPSA) is 73.0 Å². The Morgan fingerprint density at radius 2 is 2.07 bits per heavy atom. The molecule has 2 aromatic heterocycles. The van der Waals surface area contributed by atoms with Crippen LogP contribution in [0.4, 0.5) is 4.39 Å². The molecule has 0 spiro atoms. The Bertz CT molecular complexity index is 988. The predicted octanol–water partition coefficient (Wildman–Crippen LogP) is 3.75. The summed E-state index contributed by atoms with van der Waals surface area (Å²) in [6, 6.07) is 7.68. The number of halogens is 1. The Labute approximate surface area is 156 Å². The number of fused-ring (bicyclic) bond motifs is 1. The molecular weight excluding hydrogens is 347 g/mol. The normalized spacial score (nSPS) is 18.1. The average molecular weight is 368 g/mol. The molecule has 3 aromatic rings. The van der Waals surface area contributed by atoms with Gasteiger partial charge in [-0.05, 0) is 49.4 Å². The summed E-state index contributed by atoms with van der Waals surface area (Å²) in [5, 5.41) is 11.3. The number of benzene rings is 1. The first-order valence-electron chi connectivity index (χ1n) is 8.89. The van der Waals surface area contributed by atoms with Gasteiger partial charge in [-0.25, -0.2) is 9.07 Å². The molecule has 1 N–H and O–H groups in total. The molecule has 0 fully saturated rings. The molecule has 140 valence electrons. The van der Waals surface area contributed by atoms with E-state index in [1.165, 1.54) is 12.1 Å². The monoisotopic (exact) mass is 368 g/mol. The average Bonchev–Trinajstić information content (AvgIpc) is 3.21. The predicted molar refractivity (Wildman–Crippen MR) is 97.1 cm³/mol. The molecule has 1 amide bonds. The van der Waals surface area contributed by atoms with Crippen molar-refractivity contribution in [3.05, 3.63) is 65.1 Å². The van der Waals surface area contributed by atoms with Crippen molar-refractivity contribution in [1.29, 1.82) is 0 Å². The molecule has 2 heterocycles. The van der Waals surface area contributed by atoms with Crippen LogP contribution in [0.1, 0.15) is 53.8 Å². The summed E-state index contributed by atoms with van der Waals surface area (Å²) in [5.41, 5.74) is 3.43. The number of aromatic nitrogens is 3. The molecule has 1 aromatic carbocycles. The van der Waals surface area contributed by atoms with Crippen LogP contribution >= 0.6 is 0 Å². The van der Waals surface area contributed by atoms with Crippen LogP contribution in [-0.4, -0.2) is 20.8 Å². The van der Waals surface area contributed by atoms with E-state index in [4.69, 9.17) is 4.52 Å². The van der Waals surface area contributed by atoms with Gasteiger partial charge in [0.25, 0.3) is 5.91 Å². The van der Waals surface area contributed by atoms with Crippen molar-refractivity contribution >= 4 is 5.91 Å². The molecule has 7 heteroatoms. The van der Waals surface area contributed by atoms with Gasteiger partial charge in [-0.2, -0.15) is 5.10 Å². The van der Waals surface area contributed by atoms with Gasteiger partial charge in [-0.1, -0.05) is 19.0 Å². The molecule has 4 rings (SSSR count). The standard InChI is InChI=1S/C20H21FN4O2/c1-12-8-18(27-24-12)19(26)23-16-9-20(2,3)10-17-15(16)11-22-25(17)14-6-4-13(21)5-7-14/h4-8,11,16H,9-10H2,1-3H3,(H,23,26). The number of hydrogen-bond donors (Lipinski definition) is 1. The molecule has 1 atom stereocenters. The highest BCUT2D eigenvalue weighted by Gasteiger charge is 2.36. The van der Waals surface area contributed by atoms with E-state index in [2.05, 4.69) is 29.4 Å². The Morgan fingerprint density at radius 1 is 1.33 bits per heavy atom. The number of rotatable bonds is 3. The summed E-state index contributed by atoms with van der Waals surface area (Å²) in [5.74, 6) is -0.380. The number of aryl methyl sites for hydroxylation is 1. The van der Waals surface area contributed by atoms with Crippen molar-refractivity contribution < 1.29 is 13.7 Å². The van der Waals surface area contributed by atoms with Crippen molar-refractivity contribution in [3.63, 3.8) is 0 Å². The van der Waals surface area contributed by atoms with E-state index in [-0.39, 0.29) is 28.9 Å². The number of carbonyl (C=O) groups excluding carboxylic acids is 1. The van der Waals surface area contributed by atoms with Crippen LogP contribution in [0, 0.1) is 18.2 Å². The summed E-state index contributed by atoms with van der Waals surface area (Å²) < 4.78 is 20.2. The number of carbonyl (C=O) groups is 1. The van der Waals surface area contributed by atoms with E-state index < -0.39 is 0 Å². The van der Waals surface area contributed by atoms with E-state index in [1.807, 2.05) is 4.68 Å². The van der Waals surface area contributed by atoms with Crippen molar-refractivity contribution in [2.45, 2.75) is 39.7 Å². The SMILES string of the molecule is Cc1cc(C(=O)NC2CC(C)(C)Cc3c2cnn3-c2ccc(F)cc2)on1. The lowest BCUT2D eigenvalue weighted by Crippen LogP contribution is -2.36. The summed E-state index contributed by atoms with van der Waals surface area (Å²) >= 11 is 0. The minimum Gasteiger partial charge on any atom is -0.351 e. The van der Waals surface area contributed by atoms with Crippen molar-refractivity contribution in [2.75, 3.05) is 0 Å². The summed E-state index contributed by atoms with van der Waals surface area (Å²) in [7, 11) is 0. The van der Waals surface area contributed by atoms with Gasteiger partial charge in [0.15, 0.2) is 0 Å². The summed E-state index contributed by atoms with van der Waals surface area (Å²) in [6.07, 6.45) is 3.38. The van der Waals surface area contributed by atoms with Gasteiger partial charge in [-0.15, -0.1) is 0 Å². The van der Waals surface area contributed by atoms with Crippen LogP contribution in [0.2, 0.25) is 0 Å². The first-order chi connectivity index (χ1) is 12.8. The molecule has 27 heavy (non-hydrogen) atoms. The van der Waals surface area contributed by atoms with E-state index in [0.717, 1.165) is 29.8 Å². The second-order valence-corrected chi connectivity index (χ2v) is 7.84. The van der Waals surface area contributed by atoms with Crippen LogP contribution in [0.15, 0.2) is 41.1 Å². The molecule has 0 aliphatic heterocycles. The van der Waals surface area contributed by atoms with Gasteiger partial charge < -0.3 is 9.84 Å². The molecule has 0 radical (unpaired) electrons. The molecular formula is C20H21FN4O2. The number of nitrogens with one attached hydrogen (secondary N) is 1. The van der Waals surface area contributed by atoms with E-state index in [9.17, 15) is 9.18 Å². The maximum atomic E-state index is 13.3. The minimum absolute atomic E-state index is 0.0277. The molecule has 6 nitrogen and oxygen atoms in total. The van der Waals surface area contributed by atoms with Crippen molar-refractivity contribution in [2.24, 2.45) is 5.41 Å². The maximum absolute atomic E-state index is 13.3. The van der Waals surface area contributed by atoms with Gasteiger partial charge in [0, 0.05) is 11.6 Å². The lowest BCUT2D eigenvalue weighted by Gasteiger charge is -2.35. The summed E-state index contributed by atoms with van der Waals surface area (Å²) in [6.45, 7) is 6.10. The van der Waals surface area contributed by atoms with Crippen LogP contribution in [0.5, 0.6) is 0 Å². The Balaban J connectivity index is 1.68. The zero-order valence-electron chi connectivity index (χ0n) is 15.5. The zero-order chi connectivity index (χ0) is 19.2. The van der Waals surface area contributed by atoms with Gasteiger partial charge in [0.05, 0.1) is 29.3 Å². The molecule has 1 unspecified atom stereocenters. The number of hydrogen-bond acceptors (Lipinski definition) is 4. The van der Waals surface area contributed by atoms with Gasteiger partial charge in [-0.3, -0.25) is 4.79 Å². The third-order valence-electron chi connectivity index (χ3n) is 4.91. The lowest BCUT2D eigenvalue weighted by atomic mass is 9.74. The van der Waals surface area contributed by atoms with Gasteiger partial charge in [0.1, 0.15) is 5.82 Å². The largest absolute Gasteiger partial charge is 0.351 e. The first-order valence-corrected chi connectivity index (χ1v) is 8.89. The van der Waals surface area contributed by atoms with Gasteiger partial charge in [0.2, 0.25) is 5.76 Å². The fraction of sp³-hybridized carbons (Fsp3) is 0.350. The third-order valence-corrected chi connectivity index (χ3v) is 4.91. The fourth-order valence-corrected chi connectivity index (χ4v) is 3.68. The molecule has 1 aliphatic carbocycles. The highest BCUT2D eigenvalue weighted by atomic mass is 19.1. The van der Waals surface area contributed by atoms with Crippen LogP contribution in [0.3, 0.4) is 0 Å². The van der Waals surface area contributed by atoms with E-state index in [0.29, 0.717) is 5.69 Å². The highest BCUT2D eigenvalue weighted by Crippen LogP contribution is 2.41. The van der Waals surface area contributed by atoms with Crippen LogP contribution < -0.4 is 5.32 Å². The fourth-order valence-electron chi connectivity index (χ4n) is 3.68. The van der Waals surface area contributed by atoms with Crippen LogP contribution in [-0.2, 0) is 6.42 Å². The molecule has 0 bridgehead atoms. The quantitative estimate of drug-likeness (QED) is 0.764. The highest BCUT2D eigenvalue weighted by molar-refractivity contribution is 5.91. The number of nitrogens with zero attached hydrogens (tertiary/aromatic N) is 3. The molecule has 0 saturated heterocycles.